The van der Waals surface area contributed by atoms with E-state index >= 15 is 0 Å². The Balaban J connectivity index is 1.35. The van der Waals surface area contributed by atoms with Crippen LogP contribution in [0.4, 0.5) is 17.3 Å². The number of nitrogens with two attached hydrogens (primary N) is 2. The first kappa shape index (κ1) is 22.8. The van der Waals surface area contributed by atoms with Gasteiger partial charge in [0.2, 0.25) is 0 Å². The summed E-state index contributed by atoms with van der Waals surface area (Å²) in [5, 5.41) is 7.90. The lowest BCUT2D eigenvalue weighted by Gasteiger charge is -2.25. The molecule has 0 aliphatic heterocycles. The third-order valence-corrected chi connectivity index (χ3v) is 6.53. The summed E-state index contributed by atoms with van der Waals surface area (Å²) >= 11 is 0. The van der Waals surface area contributed by atoms with E-state index in [-0.39, 0.29) is 0 Å². The molecule has 0 atom stereocenters. The summed E-state index contributed by atoms with van der Waals surface area (Å²) in [5.74, 6) is 3.32. The molecule has 0 saturated heterocycles. The quantitative estimate of drug-likeness (QED) is 0.265. The minimum absolute atomic E-state index is 0.354. The minimum Gasteiger partial charge on any atom is -0.457 e. The number of aliphatic imine (C=N–C) groups is 1. The van der Waals surface area contributed by atoms with Crippen molar-refractivity contribution in [1.29, 1.82) is 0 Å². The normalized spacial score (nSPS) is 18.2. The lowest BCUT2D eigenvalue weighted by atomic mass is 9.83. The molecule has 0 unspecified atom stereocenters. The van der Waals surface area contributed by atoms with Crippen molar-refractivity contribution in [1.82, 2.24) is 19.6 Å². The highest BCUT2D eigenvalue weighted by Crippen LogP contribution is 2.32. The van der Waals surface area contributed by atoms with Gasteiger partial charge in [-0.1, -0.05) is 0 Å². The molecule has 0 amide bonds. The van der Waals surface area contributed by atoms with Crippen molar-refractivity contribution in [2.24, 2.45) is 22.4 Å². The lowest BCUT2D eigenvalue weighted by molar-refractivity contribution is 0.325. The molecule has 0 radical (unpaired) electrons. The number of ether oxygens (including phenoxy) is 1. The summed E-state index contributed by atoms with van der Waals surface area (Å²) in [6.45, 7) is 2.01. The van der Waals surface area contributed by atoms with E-state index in [2.05, 4.69) is 31.4 Å². The monoisotopic (exact) mass is 470 g/mol. The Hall–Kier alpha value is -3.98. The highest BCUT2D eigenvalue weighted by molar-refractivity contribution is 5.77. The summed E-state index contributed by atoms with van der Waals surface area (Å²) in [4.78, 5) is 12.7. The molecule has 1 fully saturated rings. The maximum absolute atomic E-state index is 6.10. The van der Waals surface area contributed by atoms with Crippen LogP contribution in [-0.4, -0.2) is 32.0 Å². The molecule has 3 heterocycles. The standard InChI is InChI=1S/C26H30N8O/c1-17-12-21(6-7-23(17)35-22-8-10-29-24(14-22)30-15-27)33-26-25-19(9-11-34(25)32-16-31-26)13-18-2-4-20(28)5-3-18/h6-12,14-16,18,20H,2-5,13,28H2,1H3,(H2,27,29,30)(H,31,32,33). The second-order valence-electron chi connectivity index (χ2n) is 9.06. The molecule has 1 aliphatic rings. The molecule has 9 heteroatoms. The van der Waals surface area contributed by atoms with Crippen LogP contribution in [0, 0.1) is 12.8 Å². The zero-order valence-electron chi connectivity index (χ0n) is 19.8. The van der Waals surface area contributed by atoms with Crippen molar-refractivity contribution in [2.75, 3.05) is 5.32 Å². The average molecular weight is 471 g/mol. The molecule has 1 aliphatic carbocycles. The van der Waals surface area contributed by atoms with Crippen LogP contribution in [0.15, 0.2) is 60.1 Å². The maximum Gasteiger partial charge on any atom is 0.158 e. The van der Waals surface area contributed by atoms with Crippen LogP contribution in [0.25, 0.3) is 5.52 Å². The van der Waals surface area contributed by atoms with Crippen molar-refractivity contribution in [2.45, 2.75) is 45.1 Å². The van der Waals surface area contributed by atoms with Gasteiger partial charge in [0.15, 0.2) is 11.6 Å². The van der Waals surface area contributed by atoms with Gasteiger partial charge in [-0.05, 0) is 86.4 Å². The van der Waals surface area contributed by atoms with Gasteiger partial charge in [0.25, 0.3) is 0 Å². The second-order valence-corrected chi connectivity index (χ2v) is 9.06. The number of fused-ring (bicyclic) bond motifs is 1. The molecule has 3 aromatic heterocycles. The van der Waals surface area contributed by atoms with Gasteiger partial charge in [0.1, 0.15) is 23.3 Å². The van der Waals surface area contributed by atoms with Crippen molar-refractivity contribution >= 4 is 29.2 Å². The Morgan fingerprint density at radius 1 is 1.14 bits per heavy atom. The summed E-state index contributed by atoms with van der Waals surface area (Å²) < 4.78 is 7.95. The smallest absolute Gasteiger partial charge is 0.158 e. The summed E-state index contributed by atoms with van der Waals surface area (Å²) in [5.41, 5.74) is 15.6. The zero-order chi connectivity index (χ0) is 24.2. The van der Waals surface area contributed by atoms with Gasteiger partial charge in [-0.2, -0.15) is 5.10 Å². The largest absolute Gasteiger partial charge is 0.457 e. The molecule has 180 valence electrons. The Kier molecular flexibility index (Phi) is 6.58. The number of rotatable bonds is 7. The number of aryl methyl sites for hydroxylation is 1. The van der Waals surface area contributed by atoms with Gasteiger partial charge < -0.3 is 21.5 Å². The Bertz CT molecular complexity index is 1340. The van der Waals surface area contributed by atoms with Gasteiger partial charge in [-0.15, -0.1) is 0 Å². The van der Waals surface area contributed by atoms with Crippen LogP contribution >= 0.6 is 0 Å². The first-order valence-corrected chi connectivity index (χ1v) is 11.9. The summed E-state index contributed by atoms with van der Waals surface area (Å²) in [6, 6.07) is 12.0. The number of hydrogen-bond acceptors (Lipinski definition) is 7. The topological polar surface area (TPSA) is 129 Å². The van der Waals surface area contributed by atoms with Gasteiger partial charge in [-0.25, -0.2) is 19.5 Å². The van der Waals surface area contributed by atoms with Crippen LogP contribution in [0.3, 0.4) is 0 Å². The van der Waals surface area contributed by atoms with Crippen molar-refractivity contribution in [3.8, 4) is 11.5 Å². The molecule has 4 aromatic rings. The van der Waals surface area contributed by atoms with E-state index in [0.717, 1.165) is 47.6 Å². The summed E-state index contributed by atoms with van der Waals surface area (Å²) in [6.07, 6.45) is 12.0. The first-order valence-electron chi connectivity index (χ1n) is 11.9. The summed E-state index contributed by atoms with van der Waals surface area (Å²) in [7, 11) is 0. The number of nitrogens with zero attached hydrogens (tertiary/aromatic N) is 5. The van der Waals surface area contributed by atoms with E-state index in [1.165, 1.54) is 24.7 Å². The molecule has 0 bridgehead atoms. The van der Waals surface area contributed by atoms with Crippen molar-refractivity contribution in [3.05, 3.63) is 66.2 Å². The molecule has 1 saturated carbocycles. The predicted molar refractivity (Wildman–Crippen MR) is 138 cm³/mol. The average Bonchev–Trinajstić information content (AvgIpc) is 3.26. The van der Waals surface area contributed by atoms with E-state index in [4.69, 9.17) is 16.2 Å². The predicted octanol–water partition coefficient (Wildman–Crippen LogP) is 4.65. The molecule has 1 aromatic carbocycles. The van der Waals surface area contributed by atoms with Crippen molar-refractivity contribution in [3.63, 3.8) is 0 Å². The van der Waals surface area contributed by atoms with Crippen molar-refractivity contribution < 1.29 is 4.74 Å². The van der Waals surface area contributed by atoms with E-state index < -0.39 is 0 Å². The van der Waals surface area contributed by atoms with Crippen LogP contribution in [-0.2, 0) is 6.42 Å². The molecule has 5 rings (SSSR count). The van der Waals surface area contributed by atoms with E-state index in [1.807, 2.05) is 35.8 Å². The Morgan fingerprint density at radius 2 is 2.00 bits per heavy atom. The van der Waals surface area contributed by atoms with Gasteiger partial charge in [0, 0.05) is 30.2 Å². The number of aromatic nitrogens is 4. The number of benzene rings is 1. The minimum atomic E-state index is 0.354. The second kappa shape index (κ2) is 10.1. The van der Waals surface area contributed by atoms with Gasteiger partial charge in [-0.3, -0.25) is 0 Å². The Labute approximate surface area is 204 Å². The van der Waals surface area contributed by atoms with Gasteiger partial charge >= 0.3 is 0 Å². The van der Waals surface area contributed by atoms with Crippen LogP contribution in [0.2, 0.25) is 0 Å². The number of pyridine rings is 1. The highest BCUT2D eigenvalue weighted by Gasteiger charge is 2.21. The third-order valence-electron chi connectivity index (χ3n) is 6.53. The van der Waals surface area contributed by atoms with Crippen LogP contribution in [0.1, 0.15) is 36.8 Å². The first-order chi connectivity index (χ1) is 17.1. The Morgan fingerprint density at radius 3 is 2.80 bits per heavy atom. The lowest BCUT2D eigenvalue weighted by Crippen LogP contribution is -2.27. The van der Waals surface area contributed by atoms with E-state index in [1.54, 1.807) is 24.7 Å². The number of anilines is 2. The van der Waals surface area contributed by atoms with Crippen LogP contribution in [0.5, 0.6) is 11.5 Å². The SMILES string of the molecule is Cc1cc(Nc2ncnn3ccc(CC4CCC(N)CC4)c23)ccc1Oc1ccnc(N=CN)c1. The molecular weight excluding hydrogens is 440 g/mol. The van der Waals surface area contributed by atoms with Crippen LogP contribution < -0.4 is 21.5 Å². The fourth-order valence-corrected chi connectivity index (χ4v) is 4.69. The fourth-order valence-electron chi connectivity index (χ4n) is 4.69. The molecule has 9 nitrogen and oxygen atoms in total. The highest BCUT2D eigenvalue weighted by atomic mass is 16.5. The van der Waals surface area contributed by atoms with E-state index in [9.17, 15) is 0 Å². The maximum atomic E-state index is 6.10. The number of nitrogens with one attached hydrogen (secondary N) is 1. The molecule has 0 spiro atoms. The third kappa shape index (κ3) is 5.25. The fraction of sp³-hybridized carbons (Fsp3) is 0.308. The van der Waals surface area contributed by atoms with E-state index in [0.29, 0.717) is 23.5 Å². The van der Waals surface area contributed by atoms with Gasteiger partial charge in [0.05, 0.1) is 6.34 Å². The molecule has 5 N–H and O–H groups in total. The molecular formula is C26H30N8O. The molecule has 35 heavy (non-hydrogen) atoms. The number of hydrogen-bond donors (Lipinski definition) is 3. The zero-order valence-corrected chi connectivity index (χ0v) is 19.8.